The van der Waals surface area contributed by atoms with Crippen LogP contribution < -0.4 is 10.9 Å². The number of benzene rings is 1. The van der Waals surface area contributed by atoms with E-state index in [1.54, 1.807) is 16.3 Å². The van der Waals surface area contributed by atoms with Crippen LogP contribution >= 0.6 is 0 Å². The number of aryl methyl sites for hydroxylation is 2. The van der Waals surface area contributed by atoms with Gasteiger partial charge in [-0.2, -0.15) is 5.10 Å². The van der Waals surface area contributed by atoms with E-state index in [-0.39, 0.29) is 11.6 Å². The fourth-order valence-corrected chi connectivity index (χ4v) is 3.73. The van der Waals surface area contributed by atoms with Crippen LogP contribution in [0.2, 0.25) is 0 Å². The Kier molecular flexibility index (Phi) is 4.34. The molecule has 1 saturated heterocycles. The molecule has 1 fully saturated rings. The van der Waals surface area contributed by atoms with E-state index in [9.17, 15) is 4.79 Å². The number of piperazine rings is 1. The number of para-hydroxylation sites is 1. The third-order valence-electron chi connectivity index (χ3n) is 5.14. The van der Waals surface area contributed by atoms with Crippen molar-refractivity contribution in [3.63, 3.8) is 0 Å². The zero-order chi connectivity index (χ0) is 18.3. The topological polar surface area (TPSA) is 68.0 Å². The number of hydrogen-bond acceptors (Lipinski definition) is 5. The van der Waals surface area contributed by atoms with E-state index >= 15 is 0 Å². The lowest BCUT2D eigenvalue weighted by atomic mass is 10.2. The fourth-order valence-electron chi connectivity index (χ4n) is 3.73. The molecule has 1 aliphatic heterocycles. The number of aromatic nitrogens is 4. The summed E-state index contributed by atoms with van der Waals surface area (Å²) in [5.41, 5.74) is 2.79. The van der Waals surface area contributed by atoms with E-state index in [0.29, 0.717) is 11.0 Å². The summed E-state index contributed by atoms with van der Waals surface area (Å²) in [6.45, 7) is 7.82. The Morgan fingerprint density at radius 2 is 1.85 bits per heavy atom. The van der Waals surface area contributed by atoms with Crippen LogP contribution in [0.4, 0.5) is 0 Å². The van der Waals surface area contributed by atoms with Gasteiger partial charge >= 0.3 is 0 Å². The molecule has 1 unspecified atom stereocenters. The second kappa shape index (κ2) is 6.66. The number of hydrogen-bond donors (Lipinski definition) is 1. The Bertz CT molecular complexity index is 985. The molecule has 2 aromatic heterocycles. The highest BCUT2D eigenvalue weighted by molar-refractivity contribution is 5.77. The highest BCUT2D eigenvalue weighted by atomic mass is 16.1. The summed E-state index contributed by atoms with van der Waals surface area (Å²) in [6, 6.07) is 9.78. The molecule has 4 rings (SSSR count). The predicted molar refractivity (Wildman–Crippen MR) is 102 cm³/mol. The zero-order valence-corrected chi connectivity index (χ0v) is 15.4. The van der Waals surface area contributed by atoms with Gasteiger partial charge in [-0.05, 0) is 26.0 Å². The van der Waals surface area contributed by atoms with E-state index in [1.165, 1.54) is 0 Å². The maximum absolute atomic E-state index is 13.4. The minimum Gasteiger partial charge on any atom is -0.314 e. The standard InChI is InChI=1S/C19H24N6O/c1-13-16-17(23(3)22-13)19(26)25(15-7-5-4-6-8-15)18(21-16)14(2)24-11-9-20-10-12-24/h4-8,14,20H,9-12H2,1-3H3. The highest BCUT2D eigenvalue weighted by Crippen LogP contribution is 2.23. The van der Waals surface area contributed by atoms with Gasteiger partial charge in [-0.25, -0.2) is 4.98 Å². The molecule has 1 atom stereocenters. The minimum absolute atomic E-state index is 0.0361. The molecule has 3 aromatic rings. The van der Waals surface area contributed by atoms with Crippen molar-refractivity contribution in [2.75, 3.05) is 26.2 Å². The number of fused-ring (bicyclic) bond motifs is 1. The second-order valence-electron chi connectivity index (χ2n) is 6.81. The van der Waals surface area contributed by atoms with Gasteiger partial charge in [-0.3, -0.25) is 18.9 Å². The number of nitrogens with one attached hydrogen (secondary N) is 1. The first-order valence-electron chi connectivity index (χ1n) is 9.04. The molecule has 1 aromatic carbocycles. The van der Waals surface area contributed by atoms with Crippen LogP contribution in [0.3, 0.4) is 0 Å². The molecule has 136 valence electrons. The summed E-state index contributed by atoms with van der Waals surface area (Å²) in [7, 11) is 1.80. The monoisotopic (exact) mass is 352 g/mol. The van der Waals surface area contributed by atoms with Gasteiger partial charge in [-0.1, -0.05) is 18.2 Å². The molecule has 7 nitrogen and oxygen atoms in total. The maximum atomic E-state index is 13.4. The maximum Gasteiger partial charge on any atom is 0.284 e. The summed E-state index contributed by atoms with van der Waals surface area (Å²) < 4.78 is 3.38. The SMILES string of the molecule is Cc1nn(C)c2c(=O)n(-c3ccccc3)c(C(C)N3CCNCC3)nc12. The van der Waals surface area contributed by atoms with Crippen molar-refractivity contribution in [3.05, 3.63) is 52.2 Å². The summed E-state index contributed by atoms with van der Waals surface area (Å²) >= 11 is 0. The Balaban J connectivity index is 1.97. The van der Waals surface area contributed by atoms with Crippen LogP contribution in [-0.2, 0) is 7.05 Å². The van der Waals surface area contributed by atoms with Crippen LogP contribution in [0, 0.1) is 6.92 Å². The van der Waals surface area contributed by atoms with Crippen LogP contribution in [0.5, 0.6) is 0 Å². The Hall–Kier alpha value is -2.51. The molecule has 1 N–H and O–H groups in total. The molecule has 3 heterocycles. The van der Waals surface area contributed by atoms with Crippen molar-refractivity contribution in [1.82, 2.24) is 29.5 Å². The Morgan fingerprint density at radius 3 is 2.54 bits per heavy atom. The van der Waals surface area contributed by atoms with Crippen molar-refractivity contribution in [2.45, 2.75) is 19.9 Å². The van der Waals surface area contributed by atoms with Gasteiger partial charge < -0.3 is 5.32 Å². The lowest BCUT2D eigenvalue weighted by Gasteiger charge is -2.33. The van der Waals surface area contributed by atoms with Crippen molar-refractivity contribution in [2.24, 2.45) is 7.05 Å². The quantitative estimate of drug-likeness (QED) is 0.772. The van der Waals surface area contributed by atoms with Crippen LogP contribution in [0.15, 0.2) is 35.1 Å². The number of nitrogens with zero attached hydrogens (tertiary/aromatic N) is 5. The molecule has 1 aliphatic rings. The Labute approximate surface area is 152 Å². The first kappa shape index (κ1) is 16.9. The van der Waals surface area contributed by atoms with E-state index in [1.807, 2.05) is 37.3 Å². The molecule has 0 bridgehead atoms. The van der Waals surface area contributed by atoms with Crippen molar-refractivity contribution < 1.29 is 0 Å². The average Bonchev–Trinajstić information content (AvgIpc) is 2.96. The first-order valence-corrected chi connectivity index (χ1v) is 9.04. The van der Waals surface area contributed by atoms with Crippen molar-refractivity contribution in [1.29, 1.82) is 0 Å². The largest absolute Gasteiger partial charge is 0.314 e. The smallest absolute Gasteiger partial charge is 0.284 e. The summed E-state index contributed by atoms with van der Waals surface area (Å²) in [4.78, 5) is 20.7. The molecular weight excluding hydrogens is 328 g/mol. The van der Waals surface area contributed by atoms with Gasteiger partial charge in [0.15, 0.2) is 5.52 Å². The van der Waals surface area contributed by atoms with Crippen LogP contribution in [-0.4, -0.2) is 50.4 Å². The van der Waals surface area contributed by atoms with Crippen LogP contribution in [0.25, 0.3) is 16.7 Å². The van der Waals surface area contributed by atoms with Crippen LogP contribution in [0.1, 0.15) is 24.5 Å². The lowest BCUT2D eigenvalue weighted by molar-refractivity contribution is 0.177. The van der Waals surface area contributed by atoms with Gasteiger partial charge in [-0.15, -0.1) is 0 Å². The highest BCUT2D eigenvalue weighted by Gasteiger charge is 2.26. The van der Waals surface area contributed by atoms with Crippen molar-refractivity contribution >= 4 is 11.0 Å². The second-order valence-corrected chi connectivity index (χ2v) is 6.81. The van der Waals surface area contributed by atoms with Gasteiger partial charge in [0, 0.05) is 33.2 Å². The predicted octanol–water partition coefficient (Wildman–Crippen LogP) is 1.39. The van der Waals surface area contributed by atoms with E-state index in [2.05, 4.69) is 22.2 Å². The first-order chi connectivity index (χ1) is 12.6. The van der Waals surface area contributed by atoms with Gasteiger partial charge in [0.2, 0.25) is 0 Å². The Morgan fingerprint density at radius 1 is 1.15 bits per heavy atom. The molecule has 26 heavy (non-hydrogen) atoms. The third kappa shape index (κ3) is 2.73. The molecule has 0 amide bonds. The molecule has 0 aliphatic carbocycles. The molecule has 0 spiro atoms. The molecular formula is C19H24N6O. The normalized spacial score (nSPS) is 16.9. The minimum atomic E-state index is -0.0683. The van der Waals surface area contributed by atoms with E-state index < -0.39 is 0 Å². The van der Waals surface area contributed by atoms with E-state index in [0.717, 1.165) is 43.4 Å². The summed E-state index contributed by atoms with van der Waals surface area (Å²) in [5.74, 6) is 0.770. The summed E-state index contributed by atoms with van der Waals surface area (Å²) in [6.07, 6.45) is 0. The van der Waals surface area contributed by atoms with Gasteiger partial charge in [0.05, 0.1) is 17.4 Å². The molecule has 0 saturated carbocycles. The average molecular weight is 352 g/mol. The summed E-state index contributed by atoms with van der Waals surface area (Å²) in [5, 5.41) is 7.79. The lowest BCUT2D eigenvalue weighted by Crippen LogP contribution is -2.45. The van der Waals surface area contributed by atoms with E-state index in [4.69, 9.17) is 4.98 Å². The van der Waals surface area contributed by atoms with Gasteiger partial charge in [0.1, 0.15) is 11.3 Å². The number of rotatable bonds is 3. The fraction of sp³-hybridized carbons (Fsp3) is 0.421. The molecule has 0 radical (unpaired) electrons. The zero-order valence-electron chi connectivity index (χ0n) is 15.4. The third-order valence-corrected chi connectivity index (χ3v) is 5.14. The van der Waals surface area contributed by atoms with Gasteiger partial charge in [0.25, 0.3) is 5.56 Å². The molecule has 7 heteroatoms. The van der Waals surface area contributed by atoms with Crippen molar-refractivity contribution in [3.8, 4) is 5.69 Å².